The Kier molecular flexibility index (Phi) is 9.62. The van der Waals surface area contributed by atoms with Crippen LogP contribution in [0.3, 0.4) is 0 Å². The molecule has 0 fully saturated rings. The number of hydrogen-bond donors (Lipinski definition) is 0. The minimum atomic E-state index is -4.58. The van der Waals surface area contributed by atoms with Crippen molar-refractivity contribution in [2.75, 3.05) is 22.9 Å². The quantitative estimate of drug-likeness (QED) is 0.121. The maximum atomic E-state index is 6.15. The molecule has 10 rings (SSSR count). The van der Waals surface area contributed by atoms with Crippen molar-refractivity contribution in [3.05, 3.63) is 227 Å². The van der Waals surface area contributed by atoms with Crippen molar-refractivity contribution in [3.63, 3.8) is 0 Å². The van der Waals surface area contributed by atoms with Crippen LogP contribution in [0.5, 0.6) is 0 Å². The number of hydrogen-bond acceptors (Lipinski definition) is 2. The van der Waals surface area contributed by atoms with Gasteiger partial charge in [-0.05, 0) is 0 Å². The third kappa shape index (κ3) is 5.57. The monoisotopic (exact) mass is 829 g/mol. The molecule has 6 aromatic rings. The summed E-state index contributed by atoms with van der Waals surface area (Å²) < 4.78 is 5.91. The molecule has 3 heteroatoms. The molecule has 0 saturated heterocycles. The van der Waals surface area contributed by atoms with Crippen LogP contribution in [-0.2, 0) is 32.6 Å². The first-order valence-electron chi connectivity index (χ1n) is 21.2. The van der Waals surface area contributed by atoms with E-state index in [1.807, 2.05) is 0 Å². The number of allylic oxidation sites excluding steroid dienone is 4. The summed E-state index contributed by atoms with van der Waals surface area (Å²) in [4.78, 5) is 5.68. The predicted molar refractivity (Wildman–Crippen MR) is 245 cm³/mol. The number of para-hydroxylation sites is 2. The summed E-state index contributed by atoms with van der Waals surface area (Å²) in [6, 6.07) is 59.6. The first-order chi connectivity index (χ1) is 28.6. The van der Waals surface area contributed by atoms with Crippen LogP contribution in [-0.4, -0.2) is 26.6 Å². The summed E-state index contributed by atoms with van der Waals surface area (Å²) in [7, 11) is 0. The second-order valence-electron chi connectivity index (χ2n) is 16.3. The van der Waals surface area contributed by atoms with Crippen molar-refractivity contribution in [2.24, 2.45) is 0 Å². The molecule has 6 aromatic carbocycles. The topological polar surface area (TPSA) is 6.48 Å². The van der Waals surface area contributed by atoms with E-state index in [-0.39, 0.29) is 13.3 Å². The Hall–Kier alpha value is -5.37. The predicted octanol–water partition coefficient (Wildman–Crippen LogP) is 12.5. The third-order valence-electron chi connectivity index (χ3n) is 13.8. The van der Waals surface area contributed by atoms with Crippen LogP contribution in [0.15, 0.2) is 182 Å². The Morgan fingerprint density at radius 1 is 0.569 bits per heavy atom. The Morgan fingerprint density at radius 3 is 1.67 bits per heavy atom. The van der Waals surface area contributed by atoms with Gasteiger partial charge in [-0.25, -0.2) is 0 Å². The summed E-state index contributed by atoms with van der Waals surface area (Å²) >= 11 is -4.58. The second kappa shape index (κ2) is 15.1. The van der Waals surface area contributed by atoms with Gasteiger partial charge in [0.2, 0.25) is 0 Å². The molecule has 0 saturated carbocycles. The Bertz CT molecular complexity index is 2600. The molecule has 285 valence electrons. The Balaban J connectivity index is 1.43. The average molecular weight is 831 g/mol. The van der Waals surface area contributed by atoms with Gasteiger partial charge in [0.05, 0.1) is 0 Å². The number of anilines is 2. The molecule has 0 aromatic heterocycles. The zero-order chi connectivity index (χ0) is 39.3. The standard InChI is InChI=1S/C36H35N2.2C9H7.CH2.Zr/c1-3-37(29-17-7-5-8-18-29)35(33-25-23-27-15-11-13-21-31(27)33)36(38(4-2)30-19-9-6-10-20-30)34-26-24-28-16-12-14-22-32(28)34;2*1-2-5-9-7-3-6-8(9)4-1;;/h5-22,25-26,35H,3-4,23-24H2,1-2H3;2*1-7H;1H2;. The summed E-state index contributed by atoms with van der Waals surface area (Å²) in [5.74, 6) is 0. The fourth-order valence-electron chi connectivity index (χ4n) is 11.5. The molecule has 0 spiro atoms. The van der Waals surface area contributed by atoms with Gasteiger partial charge in [-0.1, -0.05) is 0 Å². The van der Waals surface area contributed by atoms with Crippen LogP contribution in [0.25, 0.3) is 23.3 Å². The van der Waals surface area contributed by atoms with Crippen LogP contribution in [0.2, 0.25) is 0 Å². The van der Waals surface area contributed by atoms with E-state index in [2.05, 4.69) is 218 Å². The van der Waals surface area contributed by atoms with Gasteiger partial charge in [-0.2, -0.15) is 0 Å². The fourth-order valence-corrected chi connectivity index (χ4v) is 26.7. The van der Waals surface area contributed by atoms with Gasteiger partial charge in [0.1, 0.15) is 0 Å². The first kappa shape index (κ1) is 36.9. The summed E-state index contributed by atoms with van der Waals surface area (Å²) in [6.07, 6.45) is 17.1. The molecule has 0 radical (unpaired) electrons. The number of likely N-dealkylation sites (N-methyl/N-ethyl adjacent to an activating group) is 2. The van der Waals surface area contributed by atoms with Gasteiger partial charge in [-0.15, -0.1) is 0 Å². The Morgan fingerprint density at radius 2 is 1.07 bits per heavy atom. The Labute approximate surface area is 349 Å². The van der Waals surface area contributed by atoms with E-state index in [1.54, 1.807) is 0 Å². The van der Waals surface area contributed by atoms with Crippen molar-refractivity contribution in [1.29, 1.82) is 0 Å². The zero-order valence-electron chi connectivity index (χ0n) is 33.6. The van der Waals surface area contributed by atoms with Crippen LogP contribution < -0.4 is 9.80 Å². The molecule has 0 heterocycles. The van der Waals surface area contributed by atoms with Crippen molar-refractivity contribution < 1.29 is 19.8 Å². The molecule has 4 atom stereocenters. The molecule has 0 N–H and O–H groups in total. The molecular weight excluding hydrogens is 780 g/mol. The van der Waals surface area contributed by atoms with Gasteiger partial charge >= 0.3 is 351 Å². The van der Waals surface area contributed by atoms with Gasteiger partial charge in [0, 0.05) is 0 Å². The third-order valence-corrected chi connectivity index (χ3v) is 27.2. The van der Waals surface area contributed by atoms with Crippen LogP contribution in [0, 0.1) is 0 Å². The van der Waals surface area contributed by atoms with Crippen LogP contribution in [0.1, 0.15) is 65.6 Å². The normalized spacial score (nSPS) is 19.6. The van der Waals surface area contributed by atoms with Crippen molar-refractivity contribution in [1.82, 2.24) is 0 Å². The summed E-state index contributed by atoms with van der Waals surface area (Å²) in [5.41, 5.74) is 16.5. The molecular formula is C55H51N2Zr. The molecule has 2 nitrogen and oxygen atoms in total. The van der Waals surface area contributed by atoms with E-state index in [9.17, 15) is 0 Å². The molecule has 4 aliphatic rings. The molecule has 0 aliphatic heterocycles. The van der Waals surface area contributed by atoms with Gasteiger partial charge in [0.15, 0.2) is 0 Å². The van der Waals surface area contributed by atoms with Crippen LogP contribution in [0.4, 0.5) is 11.4 Å². The van der Waals surface area contributed by atoms with E-state index in [4.69, 9.17) is 4.21 Å². The molecule has 58 heavy (non-hydrogen) atoms. The molecule has 0 amide bonds. The number of benzene rings is 6. The molecule has 4 aliphatic carbocycles. The maximum absolute atomic E-state index is 6.15. The number of nitrogens with zero attached hydrogens (tertiary/aromatic N) is 2. The van der Waals surface area contributed by atoms with Crippen molar-refractivity contribution >= 4 is 38.9 Å². The van der Waals surface area contributed by atoms with E-state index < -0.39 is 23.0 Å². The SMILES string of the molecule is [CH2]=[Zr]([CH]1C=Cc2ccccc21)([CH]1C=Cc2ccccc21)[C](C1=CCc2ccccc21)(C(C1=CCc2ccccc21)N(CC)c1ccccc1)N(CC)c1ccccc1. The molecule has 4 unspecified atom stereocenters. The van der Waals surface area contributed by atoms with Gasteiger partial charge < -0.3 is 0 Å². The van der Waals surface area contributed by atoms with Gasteiger partial charge in [-0.3, -0.25) is 0 Å². The fraction of sp³-hybridized carbons (Fsp3) is 0.182. The van der Waals surface area contributed by atoms with E-state index in [0.717, 1.165) is 25.9 Å². The molecule has 0 bridgehead atoms. The number of rotatable bonds is 12. The zero-order valence-corrected chi connectivity index (χ0v) is 36.1. The van der Waals surface area contributed by atoms with Crippen molar-refractivity contribution in [3.8, 4) is 0 Å². The first-order valence-corrected chi connectivity index (χ1v) is 27.0. The summed E-state index contributed by atoms with van der Waals surface area (Å²) in [6.45, 7) is 6.44. The van der Waals surface area contributed by atoms with Crippen molar-refractivity contribution in [2.45, 2.75) is 43.2 Å². The number of fused-ring (bicyclic) bond motifs is 4. The van der Waals surface area contributed by atoms with Crippen LogP contribution >= 0.6 is 0 Å². The van der Waals surface area contributed by atoms with E-state index in [1.165, 1.54) is 67.0 Å². The van der Waals surface area contributed by atoms with Gasteiger partial charge in [0.25, 0.3) is 0 Å². The van der Waals surface area contributed by atoms with E-state index in [0.29, 0.717) is 0 Å². The average Bonchev–Trinajstić information content (AvgIpc) is 4.11. The minimum absolute atomic E-state index is 0.0864. The second-order valence-corrected chi connectivity index (χ2v) is 26.4. The van der Waals surface area contributed by atoms with E-state index >= 15 is 0 Å². The summed E-state index contributed by atoms with van der Waals surface area (Å²) in [5, 5.41) is 0.